The van der Waals surface area contributed by atoms with E-state index in [4.69, 9.17) is 10.5 Å². The fourth-order valence-electron chi connectivity index (χ4n) is 2.10. The Hall–Kier alpha value is -1.92. The van der Waals surface area contributed by atoms with Crippen LogP contribution in [0.1, 0.15) is 15.9 Å². The second-order valence-electron chi connectivity index (χ2n) is 4.82. The van der Waals surface area contributed by atoms with Crippen LogP contribution in [0.2, 0.25) is 0 Å². The minimum atomic E-state index is -0.456. The number of primary amides is 1. The molecule has 0 bridgehead atoms. The van der Waals surface area contributed by atoms with Crippen molar-refractivity contribution in [2.24, 2.45) is 5.73 Å². The van der Waals surface area contributed by atoms with Crippen molar-refractivity contribution in [1.29, 1.82) is 0 Å². The van der Waals surface area contributed by atoms with Crippen LogP contribution in [0.3, 0.4) is 0 Å². The predicted molar refractivity (Wildman–Crippen MR) is 74.0 cm³/mol. The molecule has 0 aromatic heterocycles. The quantitative estimate of drug-likeness (QED) is 0.793. The van der Waals surface area contributed by atoms with Crippen molar-refractivity contribution in [2.45, 2.75) is 12.6 Å². The molecule has 1 unspecified atom stereocenters. The van der Waals surface area contributed by atoms with Gasteiger partial charge in [-0.25, -0.2) is 0 Å². The van der Waals surface area contributed by atoms with Gasteiger partial charge >= 0.3 is 0 Å². The summed E-state index contributed by atoms with van der Waals surface area (Å²) >= 11 is 0. The first kappa shape index (κ1) is 14.5. The molecule has 0 spiro atoms. The van der Waals surface area contributed by atoms with Crippen LogP contribution in [0, 0.1) is 0 Å². The van der Waals surface area contributed by atoms with Crippen LogP contribution >= 0.6 is 0 Å². The Morgan fingerprint density at radius 1 is 1.40 bits per heavy atom. The lowest BCUT2D eigenvalue weighted by atomic mass is 10.1. The zero-order valence-electron chi connectivity index (χ0n) is 11.5. The van der Waals surface area contributed by atoms with Crippen LogP contribution in [-0.2, 0) is 16.1 Å². The smallest absolute Gasteiger partial charge is 0.253 e. The number of carbonyl (C=O) groups excluding carboxylic acids is 2. The summed E-state index contributed by atoms with van der Waals surface area (Å²) in [5.41, 5.74) is 6.58. The largest absolute Gasteiger partial charge is 0.366 e. The average Bonchev–Trinajstić information content (AvgIpc) is 2.48. The maximum atomic E-state index is 12.2. The zero-order valence-corrected chi connectivity index (χ0v) is 11.5. The molecule has 6 heteroatoms. The third kappa shape index (κ3) is 3.55. The van der Waals surface area contributed by atoms with Crippen molar-refractivity contribution in [3.63, 3.8) is 0 Å². The van der Waals surface area contributed by atoms with E-state index in [1.807, 2.05) is 0 Å². The SMILES string of the molecule is CN(Cc1ccc(C(N)=O)cc1)C(=O)C1CNCCO1. The lowest BCUT2D eigenvalue weighted by molar-refractivity contribution is -0.144. The molecule has 1 aromatic carbocycles. The van der Waals surface area contributed by atoms with Gasteiger partial charge in [-0.1, -0.05) is 12.1 Å². The van der Waals surface area contributed by atoms with Crippen LogP contribution in [0.4, 0.5) is 0 Å². The van der Waals surface area contributed by atoms with Crippen molar-refractivity contribution in [3.8, 4) is 0 Å². The summed E-state index contributed by atoms with van der Waals surface area (Å²) in [4.78, 5) is 24.8. The van der Waals surface area contributed by atoms with Gasteiger partial charge in [-0.3, -0.25) is 9.59 Å². The molecule has 6 nitrogen and oxygen atoms in total. The Morgan fingerprint density at radius 2 is 2.10 bits per heavy atom. The lowest BCUT2D eigenvalue weighted by Crippen LogP contribution is -2.48. The third-order valence-electron chi connectivity index (χ3n) is 3.24. The molecule has 1 atom stereocenters. The number of rotatable bonds is 4. The first-order chi connectivity index (χ1) is 9.58. The van der Waals surface area contributed by atoms with Crippen molar-refractivity contribution in [3.05, 3.63) is 35.4 Å². The molecule has 108 valence electrons. The summed E-state index contributed by atoms with van der Waals surface area (Å²) in [6.07, 6.45) is -0.418. The van der Waals surface area contributed by atoms with Crippen molar-refractivity contribution >= 4 is 11.8 Å². The monoisotopic (exact) mass is 277 g/mol. The molecule has 1 aromatic rings. The Morgan fingerprint density at radius 3 is 2.65 bits per heavy atom. The van der Waals surface area contributed by atoms with E-state index in [-0.39, 0.29) is 5.91 Å². The van der Waals surface area contributed by atoms with Gasteiger partial charge in [0.05, 0.1) is 6.61 Å². The number of hydrogen-bond donors (Lipinski definition) is 2. The summed E-state index contributed by atoms with van der Waals surface area (Å²) in [6, 6.07) is 6.91. The summed E-state index contributed by atoms with van der Waals surface area (Å²) in [6.45, 7) is 2.35. The molecule has 2 amide bonds. The molecule has 1 aliphatic rings. The molecule has 1 fully saturated rings. The second kappa shape index (κ2) is 6.49. The number of carbonyl (C=O) groups is 2. The number of ether oxygens (including phenoxy) is 1. The highest BCUT2D eigenvalue weighted by atomic mass is 16.5. The van der Waals surface area contributed by atoms with E-state index in [0.717, 1.165) is 12.1 Å². The number of nitrogens with two attached hydrogens (primary N) is 1. The molecule has 1 heterocycles. The molecule has 2 rings (SSSR count). The second-order valence-corrected chi connectivity index (χ2v) is 4.82. The van der Waals surface area contributed by atoms with Crippen LogP contribution in [-0.4, -0.2) is 49.6 Å². The van der Waals surface area contributed by atoms with E-state index in [1.165, 1.54) is 0 Å². The normalized spacial score (nSPS) is 18.6. The molecular weight excluding hydrogens is 258 g/mol. The predicted octanol–water partition coefficient (Wildman–Crippen LogP) is -0.268. The molecule has 0 aliphatic carbocycles. The van der Waals surface area contributed by atoms with Crippen LogP contribution in [0.25, 0.3) is 0 Å². The molecule has 3 N–H and O–H groups in total. The number of benzene rings is 1. The van der Waals surface area contributed by atoms with Crippen molar-refractivity contribution < 1.29 is 14.3 Å². The summed E-state index contributed by atoms with van der Waals surface area (Å²) < 4.78 is 5.43. The fourth-order valence-corrected chi connectivity index (χ4v) is 2.10. The van der Waals surface area contributed by atoms with E-state index in [1.54, 1.807) is 36.2 Å². The Kier molecular flexibility index (Phi) is 4.70. The number of likely N-dealkylation sites (N-methyl/N-ethyl adjacent to an activating group) is 1. The Labute approximate surface area is 117 Å². The van der Waals surface area contributed by atoms with Gasteiger partial charge in [0.25, 0.3) is 5.91 Å². The highest BCUT2D eigenvalue weighted by Crippen LogP contribution is 2.09. The van der Waals surface area contributed by atoms with Crippen LogP contribution in [0.5, 0.6) is 0 Å². The minimum absolute atomic E-state index is 0.0452. The number of morpholine rings is 1. The summed E-state index contributed by atoms with van der Waals surface area (Å²) in [5, 5.41) is 3.13. The van der Waals surface area contributed by atoms with Gasteiger partial charge in [-0.05, 0) is 17.7 Å². The Bertz CT molecular complexity index is 481. The molecule has 1 saturated heterocycles. The zero-order chi connectivity index (χ0) is 14.5. The van der Waals surface area contributed by atoms with Gasteiger partial charge in [0.2, 0.25) is 5.91 Å². The number of nitrogens with one attached hydrogen (secondary N) is 1. The number of nitrogens with zero attached hydrogens (tertiary/aromatic N) is 1. The number of hydrogen-bond acceptors (Lipinski definition) is 4. The van der Waals surface area contributed by atoms with Gasteiger partial charge in [0, 0.05) is 32.2 Å². The summed E-state index contributed by atoms with van der Waals surface area (Å²) in [5.74, 6) is -0.501. The molecule has 20 heavy (non-hydrogen) atoms. The van der Waals surface area contributed by atoms with Gasteiger partial charge in [0.1, 0.15) is 6.10 Å². The molecule has 0 saturated carbocycles. The van der Waals surface area contributed by atoms with Gasteiger partial charge in [-0.15, -0.1) is 0 Å². The summed E-state index contributed by atoms with van der Waals surface area (Å²) in [7, 11) is 1.74. The molecule has 1 aliphatic heterocycles. The number of amides is 2. The standard InChI is InChI=1S/C14H19N3O3/c1-17(14(19)12-8-16-6-7-20-12)9-10-2-4-11(5-3-10)13(15)18/h2-5,12,16H,6-9H2,1H3,(H2,15,18). The van der Waals surface area contributed by atoms with Crippen LogP contribution < -0.4 is 11.1 Å². The van der Waals surface area contributed by atoms with Gasteiger partial charge < -0.3 is 20.7 Å². The Balaban J connectivity index is 1.94. The van der Waals surface area contributed by atoms with Gasteiger partial charge in [0.15, 0.2) is 0 Å². The maximum Gasteiger partial charge on any atom is 0.253 e. The topological polar surface area (TPSA) is 84.7 Å². The van der Waals surface area contributed by atoms with Crippen molar-refractivity contribution in [1.82, 2.24) is 10.2 Å². The minimum Gasteiger partial charge on any atom is -0.366 e. The lowest BCUT2D eigenvalue weighted by Gasteiger charge is -2.27. The maximum absolute atomic E-state index is 12.2. The van der Waals surface area contributed by atoms with E-state index in [0.29, 0.717) is 25.3 Å². The first-order valence-electron chi connectivity index (χ1n) is 6.54. The molecule has 0 radical (unpaired) electrons. The van der Waals surface area contributed by atoms with Crippen LogP contribution in [0.15, 0.2) is 24.3 Å². The third-order valence-corrected chi connectivity index (χ3v) is 3.24. The van der Waals surface area contributed by atoms with E-state index in [9.17, 15) is 9.59 Å². The van der Waals surface area contributed by atoms with Gasteiger partial charge in [-0.2, -0.15) is 0 Å². The average molecular weight is 277 g/mol. The van der Waals surface area contributed by atoms with E-state index in [2.05, 4.69) is 5.32 Å². The fraction of sp³-hybridized carbons (Fsp3) is 0.429. The first-order valence-corrected chi connectivity index (χ1v) is 6.54. The van der Waals surface area contributed by atoms with E-state index < -0.39 is 12.0 Å². The molecular formula is C14H19N3O3. The highest BCUT2D eigenvalue weighted by Gasteiger charge is 2.24. The van der Waals surface area contributed by atoms with E-state index >= 15 is 0 Å². The van der Waals surface area contributed by atoms with Crippen molar-refractivity contribution in [2.75, 3.05) is 26.7 Å². The highest BCUT2D eigenvalue weighted by molar-refractivity contribution is 5.92.